The van der Waals surface area contributed by atoms with E-state index < -0.39 is 0 Å². The molecule has 3 unspecified atom stereocenters. The van der Waals surface area contributed by atoms with Crippen LogP contribution < -0.4 is 11.1 Å². The van der Waals surface area contributed by atoms with E-state index in [-0.39, 0.29) is 23.9 Å². The predicted octanol–water partition coefficient (Wildman–Crippen LogP) is 2.03. The lowest BCUT2D eigenvalue weighted by Gasteiger charge is -2.17. The van der Waals surface area contributed by atoms with Crippen molar-refractivity contribution in [2.45, 2.75) is 44.7 Å². The lowest BCUT2D eigenvalue weighted by Crippen LogP contribution is -2.45. The standard InChI is InChI=1S/C15H22N2O/c1-3-10(2)14(16)15(18)17-13-9-12(13)11-7-5-4-6-8-11/h4-8,10,12-14H,3,9,16H2,1-2H3,(H,17,18)/t10?,12?,13?,14-/m0/s1. The zero-order valence-corrected chi connectivity index (χ0v) is 11.1. The third kappa shape index (κ3) is 2.91. The predicted molar refractivity (Wildman–Crippen MR) is 73.2 cm³/mol. The third-order valence-corrected chi connectivity index (χ3v) is 3.91. The molecule has 3 N–H and O–H groups in total. The van der Waals surface area contributed by atoms with E-state index in [2.05, 4.69) is 24.4 Å². The lowest BCUT2D eigenvalue weighted by atomic mass is 9.99. The van der Waals surface area contributed by atoms with Gasteiger partial charge in [-0.05, 0) is 17.9 Å². The molecule has 1 saturated carbocycles. The normalized spacial score (nSPS) is 25.3. The second-order valence-corrected chi connectivity index (χ2v) is 5.28. The van der Waals surface area contributed by atoms with Gasteiger partial charge >= 0.3 is 0 Å². The highest BCUT2D eigenvalue weighted by Crippen LogP contribution is 2.40. The van der Waals surface area contributed by atoms with Crippen molar-refractivity contribution in [3.8, 4) is 0 Å². The monoisotopic (exact) mass is 246 g/mol. The van der Waals surface area contributed by atoms with Gasteiger partial charge in [-0.1, -0.05) is 50.6 Å². The second-order valence-electron chi connectivity index (χ2n) is 5.28. The molecule has 1 fully saturated rings. The van der Waals surface area contributed by atoms with Crippen LogP contribution in [0.3, 0.4) is 0 Å². The van der Waals surface area contributed by atoms with Crippen molar-refractivity contribution in [1.82, 2.24) is 5.32 Å². The Kier molecular flexibility index (Phi) is 4.02. The maximum absolute atomic E-state index is 11.9. The van der Waals surface area contributed by atoms with E-state index in [4.69, 9.17) is 5.73 Å². The molecule has 1 amide bonds. The van der Waals surface area contributed by atoms with Crippen molar-refractivity contribution < 1.29 is 4.79 Å². The summed E-state index contributed by atoms with van der Waals surface area (Å²) in [5.74, 6) is 0.700. The summed E-state index contributed by atoms with van der Waals surface area (Å²) in [7, 11) is 0. The third-order valence-electron chi connectivity index (χ3n) is 3.91. The van der Waals surface area contributed by atoms with Gasteiger partial charge in [0.2, 0.25) is 5.91 Å². The quantitative estimate of drug-likeness (QED) is 0.835. The second kappa shape index (κ2) is 5.53. The Bertz CT molecular complexity index is 404. The van der Waals surface area contributed by atoms with Crippen molar-refractivity contribution >= 4 is 5.91 Å². The van der Waals surface area contributed by atoms with Crippen LogP contribution in [0.5, 0.6) is 0 Å². The van der Waals surface area contributed by atoms with Gasteiger partial charge in [-0.2, -0.15) is 0 Å². The average Bonchev–Trinajstić information content (AvgIpc) is 3.17. The first-order valence-corrected chi connectivity index (χ1v) is 6.74. The van der Waals surface area contributed by atoms with Gasteiger partial charge in [-0.25, -0.2) is 0 Å². The summed E-state index contributed by atoms with van der Waals surface area (Å²) in [6, 6.07) is 10.2. The van der Waals surface area contributed by atoms with E-state index in [0.717, 1.165) is 12.8 Å². The molecule has 0 bridgehead atoms. The van der Waals surface area contributed by atoms with Crippen molar-refractivity contribution in [2.75, 3.05) is 0 Å². The molecule has 2 rings (SSSR count). The first kappa shape index (κ1) is 13.1. The fourth-order valence-electron chi connectivity index (χ4n) is 2.21. The molecule has 0 radical (unpaired) electrons. The zero-order chi connectivity index (χ0) is 13.1. The summed E-state index contributed by atoms with van der Waals surface area (Å²) in [5.41, 5.74) is 7.22. The highest BCUT2D eigenvalue weighted by Gasteiger charge is 2.40. The Morgan fingerprint density at radius 2 is 2.11 bits per heavy atom. The van der Waals surface area contributed by atoms with Crippen LogP contribution in [0.4, 0.5) is 0 Å². The number of carbonyl (C=O) groups excluding carboxylic acids is 1. The number of amides is 1. The van der Waals surface area contributed by atoms with Gasteiger partial charge in [-0.3, -0.25) is 4.79 Å². The van der Waals surface area contributed by atoms with Crippen LogP contribution in [0, 0.1) is 5.92 Å². The van der Waals surface area contributed by atoms with Gasteiger partial charge in [0.15, 0.2) is 0 Å². The minimum absolute atomic E-state index is 0.00668. The van der Waals surface area contributed by atoms with Crippen molar-refractivity contribution in [1.29, 1.82) is 0 Å². The number of nitrogens with two attached hydrogens (primary N) is 1. The first-order valence-electron chi connectivity index (χ1n) is 6.74. The summed E-state index contributed by atoms with van der Waals surface area (Å²) < 4.78 is 0. The molecule has 0 aliphatic heterocycles. The summed E-state index contributed by atoms with van der Waals surface area (Å²) in [6.07, 6.45) is 1.96. The Hall–Kier alpha value is -1.35. The molecule has 1 aliphatic rings. The lowest BCUT2D eigenvalue weighted by molar-refractivity contribution is -0.123. The Morgan fingerprint density at radius 3 is 2.72 bits per heavy atom. The van der Waals surface area contributed by atoms with E-state index in [1.54, 1.807) is 0 Å². The maximum atomic E-state index is 11.9. The number of hydrogen-bond acceptors (Lipinski definition) is 2. The van der Waals surface area contributed by atoms with E-state index in [9.17, 15) is 4.79 Å². The molecular formula is C15H22N2O. The molecule has 18 heavy (non-hydrogen) atoms. The van der Waals surface area contributed by atoms with Crippen molar-refractivity contribution in [3.63, 3.8) is 0 Å². The Balaban J connectivity index is 1.85. The molecule has 4 atom stereocenters. The van der Waals surface area contributed by atoms with Crippen LogP contribution in [0.1, 0.15) is 38.2 Å². The molecule has 98 valence electrons. The van der Waals surface area contributed by atoms with Crippen LogP contribution in [0.25, 0.3) is 0 Å². The smallest absolute Gasteiger partial charge is 0.237 e. The molecule has 0 spiro atoms. The summed E-state index contributed by atoms with van der Waals surface area (Å²) >= 11 is 0. The molecule has 3 heteroatoms. The Morgan fingerprint density at radius 1 is 1.44 bits per heavy atom. The molecule has 1 aromatic carbocycles. The van der Waals surface area contributed by atoms with Crippen molar-refractivity contribution in [2.24, 2.45) is 11.7 Å². The molecule has 0 saturated heterocycles. The maximum Gasteiger partial charge on any atom is 0.237 e. The van der Waals surface area contributed by atoms with Gasteiger partial charge in [0.05, 0.1) is 6.04 Å². The first-order chi connectivity index (χ1) is 8.63. The minimum Gasteiger partial charge on any atom is -0.351 e. The highest BCUT2D eigenvalue weighted by molar-refractivity contribution is 5.82. The number of rotatable bonds is 5. The van der Waals surface area contributed by atoms with E-state index in [0.29, 0.717) is 5.92 Å². The fourth-order valence-corrected chi connectivity index (χ4v) is 2.21. The highest BCUT2D eigenvalue weighted by atomic mass is 16.2. The van der Waals surface area contributed by atoms with Crippen LogP contribution in [0.2, 0.25) is 0 Å². The molecule has 0 aromatic heterocycles. The number of hydrogen-bond donors (Lipinski definition) is 2. The molecule has 1 aromatic rings. The largest absolute Gasteiger partial charge is 0.351 e. The van der Waals surface area contributed by atoms with Crippen LogP contribution >= 0.6 is 0 Å². The van der Waals surface area contributed by atoms with Gasteiger partial charge < -0.3 is 11.1 Å². The Labute approximate surface area is 109 Å². The number of carbonyl (C=O) groups is 1. The van der Waals surface area contributed by atoms with E-state index in [1.165, 1.54) is 5.56 Å². The summed E-state index contributed by atoms with van der Waals surface area (Å²) in [4.78, 5) is 11.9. The van der Waals surface area contributed by atoms with E-state index >= 15 is 0 Å². The molecule has 3 nitrogen and oxygen atoms in total. The summed E-state index contributed by atoms with van der Waals surface area (Å²) in [6.45, 7) is 4.08. The topological polar surface area (TPSA) is 55.1 Å². The van der Waals surface area contributed by atoms with Crippen molar-refractivity contribution in [3.05, 3.63) is 35.9 Å². The zero-order valence-electron chi connectivity index (χ0n) is 11.1. The van der Waals surface area contributed by atoms with Crippen LogP contribution in [-0.4, -0.2) is 18.0 Å². The fraction of sp³-hybridized carbons (Fsp3) is 0.533. The van der Waals surface area contributed by atoms with Crippen LogP contribution in [-0.2, 0) is 4.79 Å². The van der Waals surface area contributed by atoms with Gasteiger partial charge in [0, 0.05) is 12.0 Å². The summed E-state index contributed by atoms with van der Waals surface area (Å²) in [5, 5.41) is 3.05. The molecule has 1 aliphatic carbocycles. The number of nitrogens with one attached hydrogen (secondary N) is 1. The molecular weight excluding hydrogens is 224 g/mol. The average molecular weight is 246 g/mol. The SMILES string of the molecule is CCC(C)[C@H](N)C(=O)NC1CC1c1ccccc1. The molecule has 0 heterocycles. The van der Waals surface area contributed by atoms with Gasteiger partial charge in [0.1, 0.15) is 0 Å². The van der Waals surface area contributed by atoms with Gasteiger partial charge in [0.25, 0.3) is 0 Å². The van der Waals surface area contributed by atoms with Crippen LogP contribution in [0.15, 0.2) is 30.3 Å². The number of benzene rings is 1. The minimum atomic E-state index is -0.382. The van der Waals surface area contributed by atoms with E-state index in [1.807, 2.05) is 25.1 Å². The van der Waals surface area contributed by atoms with Gasteiger partial charge in [-0.15, -0.1) is 0 Å².